The number of unbranched alkanes of at least 4 members (excludes halogenated alkanes) is 1. The van der Waals surface area contributed by atoms with Crippen molar-refractivity contribution in [1.29, 1.82) is 0 Å². The zero-order chi connectivity index (χ0) is 14.4. The van der Waals surface area contributed by atoms with Gasteiger partial charge in [0.2, 0.25) is 0 Å². The first-order valence-corrected chi connectivity index (χ1v) is 8.35. The van der Waals surface area contributed by atoms with Gasteiger partial charge in [-0.05, 0) is 50.0 Å². The molecular formula is C17H31N3. The van der Waals surface area contributed by atoms with E-state index in [1.807, 2.05) is 12.4 Å². The Balaban J connectivity index is 1.84. The Bertz CT molecular complexity index is 389. The van der Waals surface area contributed by atoms with Crippen LogP contribution in [0, 0.1) is 11.3 Å². The van der Waals surface area contributed by atoms with E-state index in [-0.39, 0.29) is 0 Å². The van der Waals surface area contributed by atoms with Crippen LogP contribution in [-0.4, -0.2) is 16.1 Å². The Morgan fingerprint density at radius 2 is 2.15 bits per heavy atom. The minimum absolute atomic E-state index is 0.384. The molecule has 0 spiro atoms. The Hall–Kier alpha value is -0.830. The number of hydrogen-bond acceptors (Lipinski definition) is 2. The SMILES string of the molecule is CCCCC1CCC(CN)(CCc2nccn2C)CC1. The van der Waals surface area contributed by atoms with Crippen LogP contribution >= 0.6 is 0 Å². The predicted octanol–water partition coefficient (Wildman–Crippen LogP) is 3.68. The molecule has 0 bridgehead atoms. The highest BCUT2D eigenvalue weighted by molar-refractivity contribution is 4.95. The Labute approximate surface area is 124 Å². The van der Waals surface area contributed by atoms with Gasteiger partial charge in [-0.3, -0.25) is 0 Å². The van der Waals surface area contributed by atoms with E-state index in [4.69, 9.17) is 5.73 Å². The van der Waals surface area contributed by atoms with E-state index in [1.165, 1.54) is 57.2 Å². The molecule has 3 heteroatoms. The molecule has 3 nitrogen and oxygen atoms in total. The normalized spacial score (nSPS) is 26.9. The predicted molar refractivity (Wildman–Crippen MR) is 84.5 cm³/mol. The van der Waals surface area contributed by atoms with Gasteiger partial charge in [-0.1, -0.05) is 26.2 Å². The molecule has 1 aliphatic rings. The second-order valence-electron chi connectivity index (χ2n) is 6.74. The second kappa shape index (κ2) is 7.26. The van der Waals surface area contributed by atoms with Crippen LogP contribution in [0.1, 0.15) is 64.1 Å². The van der Waals surface area contributed by atoms with Crippen molar-refractivity contribution < 1.29 is 0 Å². The highest BCUT2D eigenvalue weighted by Crippen LogP contribution is 2.42. The van der Waals surface area contributed by atoms with Gasteiger partial charge in [0.05, 0.1) is 0 Å². The van der Waals surface area contributed by atoms with Crippen molar-refractivity contribution in [2.45, 2.75) is 64.7 Å². The van der Waals surface area contributed by atoms with E-state index in [0.717, 1.165) is 18.9 Å². The maximum atomic E-state index is 6.13. The van der Waals surface area contributed by atoms with E-state index in [2.05, 4.69) is 23.5 Å². The molecule has 2 N–H and O–H groups in total. The zero-order valence-corrected chi connectivity index (χ0v) is 13.3. The number of rotatable bonds is 7. The van der Waals surface area contributed by atoms with Crippen molar-refractivity contribution in [1.82, 2.24) is 9.55 Å². The zero-order valence-electron chi connectivity index (χ0n) is 13.3. The summed E-state index contributed by atoms with van der Waals surface area (Å²) in [4.78, 5) is 4.44. The summed E-state index contributed by atoms with van der Waals surface area (Å²) in [7, 11) is 2.08. The van der Waals surface area contributed by atoms with Gasteiger partial charge < -0.3 is 10.3 Å². The smallest absolute Gasteiger partial charge is 0.108 e. The minimum atomic E-state index is 0.384. The molecular weight excluding hydrogens is 246 g/mol. The van der Waals surface area contributed by atoms with Gasteiger partial charge in [-0.2, -0.15) is 0 Å². The summed E-state index contributed by atoms with van der Waals surface area (Å²) < 4.78 is 2.14. The van der Waals surface area contributed by atoms with Crippen LogP contribution in [0.5, 0.6) is 0 Å². The molecule has 0 radical (unpaired) electrons. The first-order valence-electron chi connectivity index (χ1n) is 8.35. The van der Waals surface area contributed by atoms with E-state index in [9.17, 15) is 0 Å². The van der Waals surface area contributed by atoms with Gasteiger partial charge in [0.15, 0.2) is 0 Å². The molecule has 0 aliphatic heterocycles. The molecule has 0 atom stereocenters. The highest BCUT2D eigenvalue weighted by atomic mass is 15.0. The summed E-state index contributed by atoms with van der Waals surface area (Å²) in [5.74, 6) is 2.16. The monoisotopic (exact) mass is 277 g/mol. The quantitative estimate of drug-likeness (QED) is 0.826. The number of imidazole rings is 1. The standard InChI is InChI=1S/C17H31N3/c1-3-4-5-15-6-9-17(14-18,10-7-15)11-8-16-19-12-13-20(16)2/h12-13,15H,3-11,14,18H2,1-2H3. The molecule has 114 valence electrons. The summed E-state index contributed by atoms with van der Waals surface area (Å²) in [6.45, 7) is 3.14. The van der Waals surface area contributed by atoms with Gasteiger partial charge in [-0.15, -0.1) is 0 Å². The molecule has 1 aromatic heterocycles. The number of aryl methyl sites for hydroxylation is 2. The lowest BCUT2D eigenvalue weighted by molar-refractivity contribution is 0.138. The molecule has 0 aromatic carbocycles. The molecule has 1 fully saturated rings. The fourth-order valence-electron chi connectivity index (χ4n) is 3.64. The third-order valence-corrected chi connectivity index (χ3v) is 5.36. The van der Waals surface area contributed by atoms with Crippen LogP contribution in [-0.2, 0) is 13.5 Å². The van der Waals surface area contributed by atoms with Crippen LogP contribution in [0.15, 0.2) is 12.4 Å². The summed E-state index contributed by atoms with van der Waals surface area (Å²) in [6.07, 6.45) is 15.8. The van der Waals surface area contributed by atoms with Gasteiger partial charge in [0.25, 0.3) is 0 Å². The summed E-state index contributed by atoms with van der Waals surface area (Å²) in [5.41, 5.74) is 6.52. The van der Waals surface area contributed by atoms with E-state index in [1.54, 1.807) is 0 Å². The molecule has 1 heterocycles. The van der Waals surface area contributed by atoms with Crippen LogP contribution < -0.4 is 5.73 Å². The first kappa shape index (κ1) is 15.6. The maximum absolute atomic E-state index is 6.13. The van der Waals surface area contributed by atoms with Crippen molar-refractivity contribution in [3.63, 3.8) is 0 Å². The average molecular weight is 277 g/mol. The van der Waals surface area contributed by atoms with Gasteiger partial charge in [0.1, 0.15) is 5.82 Å². The Morgan fingerprint density at radius 3 is 2.70 bits per heavy atom. The van der Waals surface area contributed by atoms with Crippen molar-refractivity contribution in [2.75, 3.05) is 6.54 Å². The van der Waals surface area contributed by atoms with Crippen LogP contribution in [0.4, 0.5) is 0 Å². The molecule has 0 saturated heterocycles. The molecule has 20 heavy (non-hydrogen) atoms. The minimum Gasteiger partial charge on any atom is -0.338 e. The van der Waals surface area contributed by atoms with Crippen LogP contribution in [0.25, 0.3) is 0 Å². The van der Waals surface area contributed by atoms with Gasteiger partial charge in [-0.25, -0.2) is 4.98 Å². The third-order valence-electron chi connectivity index (χ3n) is 5.36. The van der Waals surface area contributed by atoms with Gasteiger partial charge in [0, 0.05) is 25.9 Å². The highest BCUT2D eigenvalue weighted by Gasteiger charge is 2.33. The van der Waals surface area contributed by atoms with Crippen molar-refractivity contribution >= 4 is 0 Å². The number of nitrogens with zero attached hydrogens (tertiary/aromatic N) is 2. The van der Waals surface area contributed by atoms with Gasteiger partial charge >= 0.3 is 0 Å². The largest absolute Gasteiger partial charge is 0.338 e. The lowest BCUT2D eigenvalue weighted by Crippen LogP contribution is -2.35. The lowest BCUT2D eigenvalue weighted by atomic mass is 9.67. The van der Waals surface area contributed by atoms with Crippen molar-refractivity contribution in [3.8, 4) is 0 Å². The second-order valence-corrected chi connectivity index (χ2v) is 6.74. The fourth-order valence-corrected chi connectivity index (χ4v) is 3.64. The molecule has 2 rings (SSSR count). The van der Waals surface area contributed by atoms with Crippen molar-refractivity contribution in [2.24, 2.45) is 24.1 Å². The number of hydrogen-bond donors (Lipinski definition) is 1. The fraction of sp³-hybridized carbons (Fsp3) is 0.824. The topological polar surface area (TPSA) is 43.8 Å². The third kappa shape index (κ3) is 3.85. The van der Waals surface area contributed by atoms with Crippen LogP contribution in [0.3, 0.4) is 0 Å². The van der Waals surface area contributed by atoms with Crippen molar-refractivity contribution in [3.05, 3.63) is 18.2 Å². The Kier molecular flexibility index (Phi) is 5.64. The summed E-state index contributed by atoms with van der Waals surface area (Å²) in [6, 6.07) is 0. The lowest BCUT2D eigenvalue weighted by Gasteiger charge is -2.39. The van der Waals surface area contributed by atoms with Crippen LogP contribution in [0.2, 0.25) is 0 Å². The molecule has 1 aromatic rings. The van der Waals surface area contributed by atoms with E-state index < -0.39 is 0 Å². The first-order chi connectivity index (χ1) is 9.69. The van der Waals surface area contributed by atoms with E-state index in [0.29, 0.717) is 5.41 Å². The number of nitrogens with two attached hydrogens (primary N) is 1. The molecule has 0 unspecified atom stereocenters. The summed E-state index contributed by atoms with van der Waals surface area (Å²) >= 11 is 0. The molecule has 1 saturated carbocycles. The Morgan fingerprint density at radius 1 is 1.40 bits per heavy atom. The summed E-state index contributed by atoms with van der Waals surface area (Å²) in [5, 5.41) is 0. The molecule has 0 amide bonds. The maximum Gasteiger partial charge on any atom is 0.108 e. The number of aromatic nitrogens is 2. The average Bonchev–Trinajstić information content (AvgIpc) is 2.89. The molecule has 1 aliphatic carbocycles. The van der Waals surface area contributed by atoms with E-state index >= 15 is 0 Å².